The molecule has 0 bridgehead atoms. The largest absolute Gasteiger partial charge is 0.573 e. The van der Waals surface area contributed by atoms with Gasteiger partial charge in [0.25, 0.3) is 11.8 Å². The van der Waals surface area contributed by atoms with Gasteiger partial charge < -0.3 is 24.8 Å². The zero-order valence-corrected chi connectivity index (χ0v) is 18.4. The Morgan fingerprint density at radius 3 is 2.29 bits per heavy atom. The van der Waals surface area contributed by atoms with E-state index >= 15 is 0 Å². The Kier molecular flexibility index (Phi) is 8.68. The summed E-state index contributed by atoms with van der Waals surface area (Å²) < 4.78 is 51.0. The third-order valence-electron chi connectivity index (χ3n) is 4.05. The minimum absolute atomic E-state index is 0.0929. The van der Waals surface area contributed by atoms with Crippen molar-refractivity contribution in [1.82, 2.24) is 15.6 Å². The second-order valence-corrected chi connectivity index (χ2v) is 7.57. The van der Waals surface area contributed by atoms with E-state index in [0.717, 1.165) is 12.1 Å². The van der Waals surface area contributed by atoms with Gasteiger partial charge in [-0.25, -0.2) is 4.98 Å². The number of hydrogen-bond donors (Lipinski definition) is 2. The molecule has 1 aromatic heterocycles. The first-order valence-electron chi connectivity index (χ1n) is 9.94. The molecule has 2 N–H and O–H groups in total. The third-order valence-corrected chi connectivity index (χ3v) is 4.90. The molecule has 0 aliphatic rings. The summed E-state index contributed by atoms with van der Waals surface area (Å²) in [7, 11) is 0. The van der Waals surface area contributed by atoms with Gasteiger partial charge >= 0.3 is 6.36 Å². The van der Waals surface area contributed by atoms with Crippen LogP contribution in [0.25, 0.3) is 0 Å². The van der Waals surface area contributed by atoms with E-state index in [1.165, 1.54) is 23.5 Å². The molecule has 0 radical (unpaired) electrons. The molecule has 3 rings (SSSR count). The molecule has 8 nitrogen and oxygen atoms in total. The van der Waals surface area contributed by atoms with Crippen LogP contribution in [0.2, 0.25) is 0 Å². The number of alkyl halides is 3. The van der Waals surface area contributed by atoms with E-state index in [9.17, 15) is 22.8 Å². The van der Waals surface area contributed by atoms with E-state index in [1.807, 2.05) is 30.3 Å². The molecule has 3 aromatic rings. The van der Waals surface area contributed by atoms with Crippen molar-refractivity contribution in [3.05, 3.63) is 70.7 Å². The van der Waals surface area contributed by atoms with Crippen molar-refractivity contribution < 1.29 is 37.0 Å². The van der Waals surface area contributed by atoms with Crippen LogP contribution in [0.1, 0.15) is 15.5 Å². The average Bonchev–Trinajstić information content (AvgIpc) is 3.29. The Labute approximate surface area is 196 Å². The number of benzene rings is 2. The fourth-order valence-corrected chi connectivity index (χ4v) is 3.26. The third kappa shape index (κ3) is 8.62. The van der Waals surface area contributed by atoms with Crippen LogP contribution in [0.15, 0.2) is 60.0 Å². The summed E-state index contributed by atoms with van der Waals surface area (Å²) in [6, 6.07) is 13.9. The Balaban J connectivity index is 1.34. The zero-order valence-electron chi connectivity index (χ0n) is 17.6. The van der Waals surface area contributed by atoms with Crippen molar-refractivity contribution in [1.29, 1.82) is 0 Å². The van der Waals surface area contributed by atoms with Crippen molar-refractivity contribution in [3.8, 4) is 17.2 Å². The van der Waals surface area contributed by atoms with Crippen molar-refractivity contribution >= 4 is 23.2 Å². The summed E-state index contributed by atoms with van der Waals surface area (Å²) >= 11 is 1.21. The van der Waals surface area contributed by atoms with Crippen LogP contribution in [0, 0.1) is 0 Å². The first-order chi connectivity index (χ1) is 16.3. The van der Waals surface area contributed by atoms with Crippen molar-refractivity contribution in [2.24, 2.45) is 0 Å². The van der Waals surface area contributed by atoms with Crippen LogP contribution < -0.4 is 24.8 Å². The highest BCUT2D eigenvalue weighted by Gasteiger charge is 2.31. The van der Waals surface area contributed by atoms with Crippen LogP contribution in [0.4, 0.5) is 13.2 Å². The second kappa shape index (κ2) is 11.9. The molecule has 180 valence electrons. The first-order valence-corrected chi connectivity index (χ1v) is 10.8. The normalized spacial score (nSPS) is 10.9. The highest BCUT2D eigenvalue weighted by Crippen LogP contribution is 2.24. The van der Waals surface area contributed by atoms with Crippen LogP contribution in [-0.4, -0.2) is 42.9 Å². The van der Waals surface area contributed by atoms with E-state index in [2.05, 4.69) is 20.4 Å². The lowest BCUT2D eigenvalue weighted by Gasteiger charge is -2.10. The Morgan fingerprint density at radius 1 is 0.912 bits per heavy atom. The molecular weight excluding hydrogens is 475 g/mol. The molecule has 0 atom stereocenters. The average molecular weight is 495 g/mol. The Morgan fingerprint density at radius 2 is 1.59 bits per heavy atom. The van der Waals surface area contributed by atoms with Gasteiger partial charge in [0, 0.05) is 5.38 Å². The summed E-state index contributed by atoms with van der Waals surface area (Å²) in [5, 5.41) is 7.40. The highest BCUT2D eigenvalue weighted by molar-refractivity contribution is 7.09. The number of nitrogens with zero attached hydrogens (tertiary/aromatic N) is 1. The molecule has 0 fully saturated rings. The molecule has 2 aromatic carbocycles. The first kappa shape index (κ1) is 24.8. The lowest BCUT2D eigenvalue weighted by molar-refractivity contribution is -0.274. The van der Waals surface area contributed by atoms with Crippen LogP contribution in [-0.2, 0) is 11.3 Å². The maximum Gasteiger partial charge on any atom is 0.573 e. The summed E-state index contributed by atoms with van der Waals surface area (Å²) in [6.45, 7) is 0.355. The van der Waals surface area contributed by atoms with Gasteiger partial charge in [0.1, 0.15) is 34.6 Å². The predicted octanol–water partition coefficient (Wildman–Crippen LogP) is 3.55. The summed E-state index contributed by atoms with van der Waals surface area (Å²) in [5.74, 6) is -0.299. The number of ether oxygens (including phenoxy) is 3. The van der Waals surface area contributed by atoms with Crippen molar-refractivity contribution in [2.45, 2.75) is 12.9 Å². The molecule has 0 aliphatic carbocycles. The fourth-order valence-electron chi connectivity index (χ4n) is 2.55. The van der Waals surface area contributed by atoms with Crippen molar-refractivity contribution in [2.75, 3.05) is 19.8 Å². The molecule has 0 saturated heterocycles. The highest BCUT2D eigenvalue weighted by atomic mass is 32.1. The molecule has 2 amide bonds. The van der Waals surface area contributed by atoms with Crippen LogP contribution in [0.5, 0.6) is 17.2 Å². The number of amides is 2. The minimum Gasteiger partial charge on any atom is -0.492 e. The SMILES string of the molecule is O=C(COc1ccc(OC(F)(F)F)cc1)NCc1nc(C(=O)NCCOc2ccccc2)cs1. The quantitative estimate of drug-likeness (QED) is 0.395. The van der Waals surface area contributed by atoms with Gasteiger partial charge in [0.2, 0.25) is 0 Å². The molecule has 0 aliphatic heterocycles. The summed E-state index contributed by atoms with van der Waals surface area (Å²) in [6.07, 6.45) is -4.78. The van der Waals surface area contributed by atoms with Gasteiger partial charge in [-0.1, -0.05) is 18.2 Å². The standard InChI is InChI=1S/C22H20F3N3O5S/c23-22(24,25)33-17-8-6-16(7-9-17)32-13-19(29)27-12-20-28-18(14-34-20)21(30)26-10-11-31-15-4-2-1-3-5-15/h1-9,14H,10-13H2,(H,26,30)(H,27,29). The number of rotatable bonds is 11. The Hall–Kier alpha value is -3.80. The smallest absolute Gasteiger partial charge is 0.492 e. The number of carbonyl (C=O) groups is 2. The molecule has 0 saturated carbocycles. The Bertz CT molecular complexity index is 1080. The van der Waals surface area contributed by atoms with Gasteiger partial charge in [-0.05, 0) is 36.4 Å². The van der Waals surface area contributed by atoms with Crippen molar-refractivity contribution in [3.63, 3.8) is 0 Å². The minimum atomic E-state index is -4.78. The van der Waals surface area contributed by atoms with Gasteiger partial charge in [0.15, 0.2) is 6.61 Å². The van der Waals surface area contributed by atoms with Gasteiger partial charge in [-0.15, -0.1) is 24.5 Å². The predicted molar refractivity (Wildman–Crippen MR) is 117 cm³/mol. The molecule has 12 heteroatoms. The van der Waals surface area contributed by atoms with E-state index in [-0.39, 0.29) is 30.5 Å². The number of para-hydroxylation sites is 1. The number of nitrogens with one attached hydrogen (secondary N) is 2. The lowest BCUT2D eigenvalue weighted by atomic mass is 10.3. The summed E-state index contributed by atoms with van der Waals surface area (Å²) in [5.41, 5.74) is 0.228. The maximum atomic E-state index is 12.2. The number of hydrogen-bond acceptors (Lipinski definition) is 7. The molecule has 1 heterocycles. The van der Waals surface area contributed by atoms with E-state index in [0.29, 0.717) is 23.9 Å². The second-order valence-electron chi connectivity index (χ2n) is 6.63. The number of halogens is 3. The van der Waals surface area contributed by atoms with E-state index in [1.54, 1.807) is 5.38 Å². The molecule has 34 heavy (non-hydrogen) atoms. The molecule has 0 unspecified atom stereocenters. The van der Waals surface area contributed by atoms with Gasteiger partial charge in [-0.3, -0.25) is 9.59 Å². The zero-order chi connectivity index (χ0) is 24.4. The summed E-state index contributed by atoms with van der Waals surface area (Å²) in [4.78, 5) is 28.3. The van der Waals surface area contributed by atoms with Gasteiger partial charge in [-0.2, -0.15) is 0 Å². The lowest BCUT2D eigenvalue weighted by Crippen LogP contribution is -2.29. The van der Waals surface area contributed by atoms with Crippen LogP contribution >= 0.6 is 11.3 Å². The van der Waals surface area contributed by atoms with E-state index in [4.69, 9.17) is 9.47 Å². The molecular formula is C22H20F3N3O5S. The van der Waals surface area contributed by atoms with E-state index < -0.39 is 18.0 Å². The monoisotopic (exact) mass is 495 g/mol. The fraction of sp³-hybridized carbons (Fsp3) is 0.227. The topological polar surface area (TPSA) is 98.8 Å². The maximum absolute atomic E-state index is 12.2. The number of carbonyl (C=O) groups excluding carboxylic acids is 2. The van der Waals surface area contributed by atoms with Crippen LogP contribution in [0.3, 0.4) is 0 Å². The molecule has 0 spiro atoms. The number of aromatic nitrogens is 1. The number of thiazole rings is 1. The van der Waals surface area contributed by atoms with Gasteiger partial charge in [0.05, 0.1) is 13.1 Å².